The zero-order valence-corrected chi connectivity index (χ0v) is 15.7. The Balaban J connectivity index is 0.000000359. The van der Waals surface area contributed by atoms with Crippen molar-refractivity contribution < 1.29 is 19.7 Å². The number of benzene rings is 2. The Bertz CT molecular complexity index is 746. The minimum atomic E-state index is -0.901. The fourth-order valence-electron chi connectivity index (χ4n) is 2.13. The molecule has 0 aliphatic heterocycles. The molecule has 0 saturated carbocycles. The quantitative estimate of drug-likeness (QED) is 0.642. The van der Waals surface area contributed by atoms with Crippen LogP contribution in [0, 0.1) is 6.92 Å². The first-order chi connectivity index (χ1) is 12.4. The summed E-state index contributed by atoms with van der Waals surface area (Å²) in [6, 6.07) is 12.8. The molecule has 0 spiro atoms. The number of methoxy groups -OCH3 is 1. The number of aliphatic hydroxyl groups excluding tert-OH is 1. The molecule has 0 aliphatic carbocycles. The lowest BCUT2D eigenvalue weighted by atomic mass is 9.98. The minimum Gasteiger partial charge on any atom is -0.483 e. The standard InChI is InChI=1S/C15H13ClO2.C5H11NO2/c1-10-5-6-12(15(17)18)9-13(10)7-11-3-2-4-14(16)8-11;1-5(8-2)6-3-4-7/h2-6,8-9H,7H2,1H3,(H,17,18);6-7H,1,3-4H2,2H3. The second-order valence-electron chi connectivity index (χ2n) is 5.53. The molecule has 26 heavy (non-hydrogen) atoms. The lowest BCUT2D eigenvalue weighted by Crippen LogP contribution is -2.17. The van der Waals surface area contributed by atoms with E-state index in [1.807, 2.05) is 37.3 Å². The van der Waals surface area contributed by atoms with E-state index >= 15 is 0 Å². The van der Waals surface area contributed by atoms with Gasteiger partial charge in [0.2, 0.25) is 0 Å². The predicted molar refractivity (Wildman–Crippen MR) is 104 cm³/mol. The highest BCUT2D eigenvalue weighted by Crippen LogP contribution is 2.18. The summed E-state index contributed by atoms with van der Waals surface area (Å²) in [5, 5.41) is 20.7. The number of hydrogen-bond donors (Lipinski definition) is 3. The molecule has 5 nitrogen and oxygen atoms in total. The zero-order valence-electron chi connectivity index (χ0n) is 15.0. The van der Waals surface area contributed by atoms with Gasteiger partial charge in [-0.2, -0.15) is 0 Å². The van der Waals surface area contributed by atoms with Crippen LogP contribution in [0.15, 0.2) is 54.9 Å². The number of ether oxygens (including phenoxy) is 1. The number of nitrogens with one attached hydrogen (secondary N) is 1. The van der Waals surface area contributed by atoms with Crippen LogP contribution in [0.1, 0.15) is 27.0 Å². The molecular formula is C20H24ClNO4. The van der Waals surface area contributed by atoms with Gasteiger partial charge in [0.25, 0.3) is 0 Å². The third-order valence-electron chi connectivity index (χ3n) is 3.56. The number of hydrogen-bond acceptors (Lipinski definition) is 4. The van der Waals surface area contributed by atoms with E-state index in [1.165, 1.54) is 7.11 Å². The number of carboxylic acids is 1. The molecule has 0 heterocycles. The van der Waals surface area contributed by atoms with Crippen molar-refractivity contribution in [1.29, 1.82) is 0 Å². The Morgan fingerprint density at radius 2 is 2.00 bits per heavy atom. The van der Waals surface area contributed by atoms with Crippen molar-refractivity contribution in [2.45, 2.75) is 13.3 Å². The average Bonchev–Trinajstić information content (AvgIpc) is 2.62. The van der Waals surface area contributed by atoms with E-state index in [-0.39, 0.29) is 6.61 Å². The van der Waals surface area contributed by atoms with Gasteiger partial charge in [0.05, 0.1) is 19.3 Å². The van der Waals surface area contributed by atoms with Gasteiger partial charge in [-0.1, -0.05) is 29.8 Å². The van der Waals surface area contributed by atoms with Gasteiger partial charge >= 0.3 is 5.97 Å². The first-order valence-corrected chi connectivity index (χ1v) is 8.40. The van der Waals surface area contributed by atoms with E-state index in [2.05, 4.69) is 16.6 Å². The maximum Gasteiger partial charge on any atom is 0.335 e. The molecule has 0 aromatic heterocycles. The van der Waals surface area contributed by atoms with E-state index in [4.69, 9.17) is 21.8 Å². The molecule has 3 N–H and O–H groups in total. The van der Waals surface area contributed by atoms with E-state index in [9.17, 15) is 4.79 Å². The Kier molecular flexibility index (Phi) is 9.26. The molecule has 0 aliphatic rings. The Hall–Kier alpha value is -2.50. The monoisotopic (exact) mass is 377 g/mol. The number of aryl methyl sites for hydroxylation is 1. The largest absolute Gasteiger partial charge is 0.483 e. The van der Waals surface area contributed by atoms with Crippen LogP contribution < -0.4 is 5.32 Å². The first-order valence-electron chi connectivity index (χ1n) is 8.02. The van der Waals surface area contributed by atoms with Crippen molar-refractivity contribution in [3.8, 4) is 0 Å². The van der Waals surface area contributed by atoms with Crippen molar-refractivity contribution in [1.82, 2.24) is 5.32 Å². The Labute approximate surface area is 158 Å². The molecule has 0 fully saturated rings. The van der Waals surface area contributed by atoms with Crippen molar-refractivity contribution in [2.75, 3.05) is 20.3 Å². The normalized spacial score (nSPS) is 9.69. The molecule has 2 aromatic rings. The number of carbonyl (C=O) groups is 1. The van der Waals surface area contributed by atoms with E-state index < -0.39 is 5.97 Å². The smallest absolute Gasteiger partial charge is 0.335 e. The fourth-order valence-corrected chi connectivity index (χ4v) is 2.34. The molecule has 2 rings (SSSR count). The third-order valence-corrected chi connectivity index (χ3v) is 3.80. The summed E-state index contributed by atoms with van der Waals surface area (Å²) in [6.45, 7) is 6.04. The third kappa shape index (κ3) is 7.59. The van der Waals surface area contributed by atoms with Gasteiger partial charge in [0, 0.05) is 11.6 Å². The van der Waals surface area contributed by atoms with Crippen LogP contribution in [0.5, 0.6) is 0 Å². The summed E-state index contributed by atoms with van der Waals surface area (Å²) >= 11 is 5.94. The molecule has 2 aromatic carbocycles. The summed E-state index contributed by atoms with van der Waals surface area (Å²) in [5.74, 6) is -0.415. The van der Waals surface area contributed by atoms with Crippen molar-refractivity contribution >= 4 is 17.6 Å². The molecule has 0 atom stereocenters. The molecule has 6 heteroatoms. The van der Waals surface area contributed by atoms with Gasteiger partial charge in [-0.25, -0.2) is 4.79 Å². The van der Waals surface area contributed by atoms with Crippen LogP contribution in [-0.2, 0) is 11.2 Å². The van der Waals surface area contributed by atoms with Gasteiger partial charge in [0.15, 0.2) is 5.88 Å². The van der Waals surface area contributed by atoms with E-state index in [0.717, 1.165) is 16.7 Å². The molecule has 0 saturated heterocycles. The number of carboxylic acid groups (broad SMARTS) is 1. The van der Waals surface area contributed by atoms with Gasteiger partial charge in [-0.15, -0.1) is 0 Å². The summed E-state index contributed by atoms with van der Waals surface area (Å²) in [5.41, 5.74) is 3.49. The van der Waals surface area contributed by atoms with Crippen LogP contribution >= 0.6 is 11.6 Å². The molecule has 0 amide bonds. The highest BCUT2D eigenvalue weighted by molar-refractivity contribution is 6.30. The molecular weight excluding hydrogens is 354 g/mol. The molecule has 0 bridgehead atoms. The summed E-state index contributed by atoms with van der Waals surface area (Å²) in [4.78, 5) is 10.9. The van der Waals surface area contributed by atoms with Crippen LogP contribution in [0.3, 0.4) is 0 Å². The fraction of sp³-hybridized carbons (Fsp3) is 0.250. The zero-order chi connectivity index (χ0) is 19.5. The van der Waals surface area contributed by atoms with Gasteiger partial charge in [0.1, 0.15) is 0 Å². The summed E-state index contributed by atoms with van der Waals surface area (Å²) in [6.07, 6.45) is 0.688. The number of halogens is 1. The van der Waals surface area contributed by atoms with Crippen LogP contribution in [0.25, 0.3) is 0 Å². The van der Waals surface area contributed by atoms with Gasteiger partial charge < -0.3 is 20.3 Å². The number of aromatic carboxylic acids is 1. The summed E-state index contributed by atoms with van der Waals surface area (Å²) in [7, 11) is 1.52. The topological polar surface area (TPSA) is 78.8 Å². The van der Waals surface area contributed by atoms with Crippen LogP contribution in [-0.4, -0.2) is 36.4 Å². The van der Waals surface area contributed by atoms with Crippen molar-refractivity contribution in [2.24, 2.45) is 0 Å². The lowest BCUT2D eigenvalue weighted by molar-refractivity contribution is 0.0696. The Morgan fingerprint density at radius 3 is 2.58 bits per heavy atom. The van der Waals surface area contributed by atoms with E-state index in [0.29, 0.717) is 29.4 Å². The van der Waals surface area contributed by atoms with Gasteiger partial charge in [-0.05, 0) is 60.9 Å². The minimum absolute atomic E-state index is 0.0996. The highest BCUT2D eigenvalue weighted by atomic mass is 35.5. The Morgan fingerprint density at radius 1 is 1.27 bits per heavy atom. The van der Waals surface area contributed by atoms with Crippen LogP contribution in [0.4, 0.5) is 0 Å². The molecule has 0 unspecified atom stereocenters. The number of aliphatic hydroxyl groups is 1. The SMILES string of the molecule is C=C(NCCO)OC.Cc1ccc(C(=O)O)cc1Cc1cccc(Cl)c1. The van der Waals surface area contributed by atoms with Crippen molar-refractivity contribution in [3.05, 3.63) is 82.2 Å². The first kappa shape index (κ1) is 21.5. The van der Waals surface area contributed by atoms with E-state index in [1.54, 1.807) is 12.1 Å². The molecule has 0 radical (unpaired) electrons. The predicted octanol–water partition coefficient (Wildman–Crippen LogP) is 3.62. The molecule has 140 valence electrons. The highest BCUT2D eigenvalue weighted by Gasteiger charge is 2.07. The average molecular weight is 378 g/mol. The summed E-state index contributed by atoms with van der Waals surface area (Å²) < 4.78 is 4.64. The maximum absolute atomic E-state index is 10.9. The lowest BCUT2D eigenvalue weighted by Gasteiger charge is -2.07. The van der Waals surface area contributed by atoms with Crippen LogP contribution in [0.2, 0.25) is 5.02 Å². The second-order valence-corrected chi connectivity index (χ2v) is 5.97. The number of rotatable bonds is 7. The maximum atomic E-state index is 10.9. The van der Waals surface area contributed by atoms with Crippen molar-refractivity contribution in [3.63, 3.8) is 0 Å². The van der Waals surface area contributed by atoms with Gasteiger partial charge in [-0.3, -0.25) is 0 Å². The second kappa shape index (κ2) is 11.2.